The van der Waals surface area contributed by atoms with Crippen molar-refractivity contribution in [3.05, 3.63) is 12.2 Å². The van der Waals surface area contributed by atoms with Gasteiger partial charge in [-0.3, -0.25) is 0 Å². The van der Waals surface area contributed by atoms with Crippen LogP contribution in [-0.4, -0.2) is 5.33 Å². The fourth-order valence-electron chi connectivity index (χ4n) is 2.78. The second-order valence-corrected chi connectivity index (χ2v) is 5.57. The highest BCUT2D eigenvalue weighted by Crippen LogP contribution is 2.51. The minimum absolute atomic E-state index is 0.490. The molecule has 0 nitrogen and oxygen atoms in total. The average molecular weight is 229 g/mol. The van der Waals surface area contributed by atoms with Gasteiger partial charge in [0.05, 0.1) is 0 Å². The Bertz CT molecular complexity index is 205. The van der Waals surface area contributed by atoms with E-state index in [1.807, 2.05) is 0 Å². The largest absolute Gasteiger partial charge is 0.0922 e. The quantitative estimate of drug-likeness (QED) is 0.501. The van der Waals surface area contributed by atoms with E-state index in [-0.39, 0.29) is 0 Å². The number of rotatable bonds is 2. The Morgan fingerprint density at radius 2 is 2.08 bits per heavy atom. The topological polar surface area (TPSA) is 0 Å². The number of halogens is 1. The fraction of sp³-hybridized carbons (Fsp3) is 0.818. The molecule has 2 rings (SSSR count). The lowest BCUT2D eigenvalue weighted by Crippen LogP contribution is -2.28. The maximum atomic E-state index is 3.63. The summed E-state index contributed by atoms with van der Waals surface area (Å²) in [7, 11) is 0. The molecule has 0 saturated heterocycles. The standard InChI is InChI=1S/C11H17Br/c1-11(2,7-12)10-6-8-3-4-9(10)5-8/h3-4,8-10H,5-7H2,1-2H3. The summed E-state index contributed by atoms with van der Waals surface area (Å²) in [6, 6.07) is 0. The smallest absolute Gasteiger partial charge is 0.00855 e. The summed E-state index contributed by atoms with van der Waals surface area (Å²) in [6.07, 6.45) is 7.73. The van der Waals surface area contributed by atoms with E-state index in [0.717, 1.165) is 23.1 Å². The van der Waals surface area contributed by atoms with Gasteiger partial charge in [0.15, 0.2) is 0 Å². The van der Waals surface area contributed by atoms with Gasteiger partial charge in [-0.2, -0.15) is 0 Å². The molecule has 1 fully saturated rings. The lowest BCUT2D eigenvalue weighted by atomic mass is 9.73. The molecule has 3 unspecified atom stereocenters. The number of fused-ring (bicyclic) bond motifs is 2. The predicted molar refractivity (Wildman–Crippen MR) is 56.4 cm³/mol. The predicted octanol–water partition coefficient (Wildman–Crippen LogP) is 3.62. The second kappa shape index (κ2) is 2.87. The third-order valence-corrected chi connectivity index (χ3v) is 5.07. The van der Waals surface area contributed by atoms with Crippen molar-refractivity contribution in [1.29, 1.82) is 0 Å². The van der Waals surface area contributed by atoms with Crippen LogP contribution in [0.15, 0.2) is 12.2 Å². The summed E-state index contributed by atoms with van der Waals surface area (Å²) < 4.78 is 0. The zero-order valence-electron chi connectivity index (χ0n) is 7.89. The Hall–Kier alpha value is 0.220. The van der Waals surface area contributed by atoms with E-state index in [9.17, 15) is 0 Å². The zero-order chi connectivity index (χ0) is 8.77. The first-order valence-electron chi connectivity index (χ1n) is 4.88. The molecule has 0 N–H and O–H groups in total. The molecule has 0 spiro atoms. The van der Waals surface area contributed by atoms with Crippen molar-refractivity contribution in [2.75, 3.05) is 5.33 Å². The second-order valence-electron chi connectivity index (χ2n) is 5.01. The van der Waals surface area contributed by atoms with Crippen LogP contribution in [0.4, 0.5) is 0 Å². The Morgan fingerprint density at radius 1 is 1.33 bits per heavy atom. The lowest BCUT2D eigenvalue weighted by Gasteiger charge is -2.34. The summed E-state index contributed by atoms with van der Waals surface area (Å²) in [5.74, 6) is 2.73. The molecule has 0 aliphatic heterocycles. The molecular formula is C11H17Br. The van der Waals surface area contributed by atoms with Gasteiger partial charge >= 0.3 is 0 Å². The van der Waals surface area contributed by atoms with Crippen LogP contribution in [0, 0.1) is 23.2 Å². The first-order valence-corrected chi connectivity index (χ1v) is 6.00. The molecule has 12 heavy (non-hydrogen) atoms. The van der Waals surface area contributed by atoms with Crippen molar-refractivity contribution in [2.45, 2.75) is 26.7 Å². The van der Waals surface area contributed by atoms with Gasteiger partial charge in [-0.1, -0.05) is 41.9 Å². The highest BCUT2D eigenvalue weighted by atomic mass is 79.9. The van der Waals surface area contributed by atoms with Gasteiger partial charge in [0.25, 0.3) is 0 Å². The van der Waals surface area contributed by atoms with Crippen LogP contribution in [0.25, 0.3) is 0 Å². The summed E-state index contributed by atoms with van der Waals surface area (Å²) in [4.78, 5) is 0. The normalized spacial score (nSPS) is 39.4. The first kappa shape index (κ1) is 8.80. The van der Waals surface area contributed by atoms with Crippen LogP contribution in [0.5, 0.6) is 0 Å². The molecule has 68 valence electrons. The van der Waals surface area contributed by atoms with Crippen LogP contribution in [-0.2, 0) is 0 Å². The first-order chi connectivity index (χ1) is 5.63. The van der Waals surface area contributed by atoms with Gasteiger partial charge in [0.2, 0.25) is 0 Å². The van der Waals surface area contributed by atoms with Gasteiger partial charge in [-0.25, -0.2) is 0 Å². The molecular weight excluding hydrogens is 212 g/mol. The van der Waals surface area contributed by atoms with Crippen LogP contribution in [0.1, 0.15) is 26.7 Å². The lowest BCUT2D eigenvalue weighted by molar-refractivity contribution is 0.213. The number of allylic oxidation sites excluding steroid dienone is 2. The van der Waals surface area contributed by atoms with Crippen molar-refractivity contribution in [3.8, 4) is 0 Å². The molecule has 1 heteroatoms. The summed E-state index contributed by atoms with van der Waals surface area (Å²) in [5, 5.41) is 1.14. The third-order valence-electron chi connectivity index (χ3n) is 3.63. The van der Waals surface area contributed by atoms with Crippen LogP contribution < -0.4 is 0 Å². The molecule has 2 bridgehead atoms. The maximum absolute atomic E-state index is 3.63. The third kappa shape index (κ3) is 1.26. The van der Waals surface area contributed by atoms with E-state index >= 15 is 0 Å². The van der Waals surface area contributed by atoms with Gasteiger partial charge in [-0.15, -0.1) is 0 Å². The molecule has 3 atom stereocenters. The Kier molecular flexibility index (Phi) is 2.10. The minimum atomic E-state index is 0.490. The number of hydrogen-bond acceptors (Lipinski definition) is 0. The van der Waals surface area contributed by atoms with E-state index < -0.39 is 0 Å². The molecule has 0 heterocycles. The maximum Gasteiger partial charge on any atom is 0.00855 e. The fourth-order valence-corrected chi connectivity index (χ4v) is 3.19. The highest BCUT2D eigenvalue weighted by molar-refractivity contribution is 9.09. The van der Waals surface area contributed by atoms with Crippen molar-refractivity contribution >= 4 is 15.9 Å². The molecule has 2 aliphatic carbocycles. The van der Waals surface area contributed by atoms with Crippen molar-refractivity contribution in [1.82, 2.24) is 0 Å². The van der Waals surface area contributed by atoms with E-state index in [2.05, 4.69) is 41.9 Å². The molecule has 0 aromatic rings. The number of alkyl halides is 1. The van der Waals surface area contributed by atoms with Gasteiger partial charge in [0.1, 0.15) is 0 Å². The summed E-state index contributed by atoms with van der Waals surface area (Å²) >= 11 is 3.63. The Balaban J connectivity index is 2.12. The monoisotopic (exact) mass is 228 g/mol. The van der Waals surface area contributed by atoms with Crippen LogP contribution >= 0.6 is 15.9 Å². The van der Waals surface area contributed by atoms with Crippen molar-refractivity contribution in [2.24, 2.45) is 23.2 Å². The van der Waals surface area contributed by atoms with Crippen LogP contribution in [0.2, 0.25) is 0 Å². The summed E-state index contributed by atoms with van der Waals surface area (Å²) in [5.41, 5.74) is 0.490. The van der Waals surface area contributed by atoms with E-state index in [0.29, 0.717) is 5.41 Å². The Morgan fingerprint density at radius 3 is 2.50 bits per heavy atom. The van der Waals surface area contributed by atoms with E-state index in [1.165, 1.54) is 12.8 Å². The van der Waals surface area contributed by atoms with Crippen molar-refractivity contribution < 1.29 is 0 Å². The van der Waals surface area contributed by atoms with Gasteiger partial charge < -0.3 is 0 Å². The number of hydrogen-bond donors (Lipinski definition) is 0. The summed E-state index contributed by atoms with van der Waals surface area (Å²) in [6.45, 7) is 4.78. The van der Waals surface area contributed by atoms with Crippen molar-refractivity contribution in [3.63, 3.8) is 0 Å². The molecule has 0 aromatic carbocycles. The molecule has 0 amide bonds. The molecule has 1 saturated carbocycles. The Labute approximate surface area is 83.6 Å². The molecule has 2 aliphatic rings. The molecule has 0 radical (unpaired) electrons. The SMILES string of the molecule is CC(C)(CBr)C1CC2C=CC1C2. The van der Waals surface area contributed by atoms with Gasteiger partial charge in [0, 0.05) is 5.33 Å². The van der Waals surface area contributed by atoms with Crippen LogP contribution in [0.3, 0.4) is 0 Å². The average Bonchev–Trinajstić information content (AvgIpc) is 2.64. The molecule has 0 aromatic heterocycles. The minimum Gasteiger partial charge on any atom is -0.0922 e. The van der Waals surface area contributed by atoms with Gasteiger partial charge in [-0.05, 0) is 36.0 Å². The van der Waals surface area contributed by atoms with E-state index in [4.69, 9.17) is 0 Å². The highest BCUT2D eigenvalue weighted by Gasteiger charge is 2.43. The zero-order valence-corrected chi connectivity index (χ0v) is 9.47. The van der Waals surface area contributed by atoms with E-state index in [1.54, 1.807) is 0 Å².